The van der Waals surface area contributed by atoms with Gasteiger partial charge in [-0.15, -0.1) is 9.24 Å². The van der Waals surface area contributed by atoms with Crippen LogP contribution in [0, 0.1) is 0 Å². The van der Waals surface area contributed by atoms with Crippen LogP contribution in [0.25, 0.3) is 0 Å². The largest absolute Gasteiger partial charge is 0.135 e. The van der Waals surface area contributed by atoms with Gasteiger partial charge in [-0.25, -0.2) is 0 Å². The van der Waals surface area contributed by atoms with Gasteiger partial charge in [-0.2, -0.15) is 0 Å². The second-order valence-electron chi connectivity index (χ2n) is 1.24. The van der Waals surface area contributed by atoms with Crippen LogP contribution in [0.4, 0.5) is 0 Å². The van der Waals surface area contributed by atoms with E-state index >= 15 is 0 Å². The first kappa shape index (κ1) is 15.7. The van der Waals surface area contributed by atoms with Gasteiger partial charge in [0.25, 0.3) is 0 Å². The second-order valence-corrected chi connectivity index (χ2v) is 2.58. The van der Waals surface area contributed by atoms with Gasteiger partial charge in [0.15, 0.2) is 0 Å². The van der Waals surface area contributed by atoms with E-state index in [0.717, 1.165) is 5.66 Å². The molecule has 0 nitrogen and oxygen atoms in total. The minimum Gasteiger partial charge on any atom is -0.135 e. The molecular formula is C3H9AuPRu. The van der Waals surface area contributed by atoms with E-state index in [1.807, 2.05) is 0 Å². The van der Waals surface area contributed by atoms with Crippen LogP contribution in [0.2, 0.25) is 0 Å². The minimum absolute atomic E-state index is 0. The van der Waals surface area contributed by atoms with Crippen LogP contribution in [-0.2, 0) is 41.9 Å². The van der Waals surface area contributed by atoms with Gasteiger partial charge in [-0.05, 0) is 5.66 Å². The summed E-state index contributed by atoms with van der Waals surface area (Å²) >= 11 is 0. The number of hydrogen-bond donors (Lipinski definition) is 0. The zero-order chi connectivity index (χ0) is 3.58. The quantitative estimate of drug-likeness (QED) is 0.443. The summed E-state index contributed by atoms with van der Waals surface area (Å²) in [5.74, 6) is 0. The molecule has 0 fully saturated rings. The smallest absolute Gasteiger partial charge is 0 e. The topological polar surface area (TPSA) is 0 Å². The van der Waals surface area contributed by atoms with E-state index in [1.54, 1.807) is 0 Å². The van der Waals surface area contributed by atoms with E-state index < -0.39 is 0 Å². The summed E-state index contributed by atoms with van der Waals surface area (Å²) in [5, 5.41) is 0. The van der Waals surface area contributed by atoms with Crippen molar-refractivity contribution >= 4 is 9.24 Å². The van der Waals surface area contributed by atoms with Crippen molar-refractivity contribution in [2.45, 2.75) is 19.5 Å². The fraction of sp³-hybridized carbons (Fsp3) is 1.00. The van der Waals surface area contributed by atoms with Crippen molar-refractivity contribution in [3.05, 3.63) is 0 Å². The molecule has 0 saturated heterocycles. The third-order valence-corrected chi connectivity index (χ3v) is 0. The molecule has 0 amide bonds. The molecule has 1 atom stereocenters. The Morgan fingerprint density at radius 2 is 1.33 bits per heavy atom. The standard InChI is InChI=1S/C3H9P.Au.Ru/c1-3(2)4;;/h3H,4H2,1-2H3;;. The molecular weight excluding hydrogens is 365 g/mol. The molecule has 1 radical (unpaired) electrons. The summed E-state index contributed by atoms with van der Waals surface area (Å²) in [6, 6.07) is 0. The van der Waals surface area contributed by atoms with E-state index in [-0.39, 0.29) is 41.9 Å². The number of hydrogen-bond acceptors (Lipinski definition) is 0. The average Bonchev–Trinajstić information content (AvgIpc) is 0.811. The van der Waals surface area contributed by atoms with Crippen LogP contribution in [0.15, 0.2) is 0 Å². The van der Waals surface area contributed by atoms with Crippen molar-refractivity contribution in [3.8, 4) is 0 Å². The van der Waals surface area contributed by atoms with Crippen LogP contribution in [0.3, 0.4) is 0 Å². The summed E-state index contributed by atoms with van der Waals surface area (Å²) in [6.07, 6.45) is 0. The van der Waals surface area contributed by atoms with Crippen molar-refractivity contribution < 1.29 is 41.9 Å². The van der Waals surface area contributed by atoms with E-state index in [9.17, 15) is 0 Å². The van der Waals surface area contributed by atoms with Crippen molar-refractivity contribution in [2.75, 3.05) is 0 Å². The van der Waals surface area contributed by atoms with Gasteiger partial charge in [0.2, 0.25) is 0 Å². The monoisotopic (exact) mass is 375 g/mol. The van der Waals surface area contributed by atoms with Gasteiger partial charge in [0.1, 0.15) is 0 Å². The third kappa shape index (κ3) is 41.4. The molecule has 0 spiro atoms. The molecule has 3 heteroatoms. The van der Waals surface area contributed by atoms with E-state index in [2.05, 4.69) is 23.1 Å². The van der Waals surface area contributed by atoms with Crippen LogP contribution in [-0.4, -0.2) is 5.66 Å². The zero-order valence-electron chi connectivity index (χ0n) is 3.81. The van der Waals surface area contributed by atoms with Gasteiger partial charge in [0, 0.05) is 41.9 Å². The Bertz CT molecular complexity index is 15.5. The second kappa shape index (κ2) is 9.92. The molecule has 0 rings (SSSR count). The maximum Gasteiger partial charge on any atom is 0 e. The van der Waals surface area contributed by atoms with Gasteiger partial charge in [0.05, 0.1) is 0 Å². The molecule has 0 N–H and O–H groups in total. The normalized spacial score (nSPS) is 6.00. The summed E-state index contributed by atoms with van der Waals surface area (Å²) in [6.45, 7) is 4.26. The molecule has 0 aromatic carbocycles. The SMILES string of the molecule is CC(C)P.[Au].[Ru]. The fourth-order valence-electron chi connectivity index (χ4n) is 0. The van der Waals surface area contributed by atoms with Gasteiger partial charge >= 0.3 is 0 Å². The Kier molecular flexibility index (Phi) is 25.9. The predicted octanol–water partition coefficient (Wildman–Crippen LogP) is 1.26. The molecule has 0 bridgehead atoms. The van der Waals surface area contributed by atoms with Crippen LogP contribution < -0.4 is 0 Å². The minimum atomic E-state index is 0. The van der Waals surface area contributed by atoms with Crippen molar-refractivity contribution in [2.24, 2.45) is 0 Å². The third-order valence-electron chi connectivity index (χ3n) is 0. The first-order valence-electron chi connectivity index (χ1n) is 1.49. The van der Waals surface area contributed by atoms with Gasteiger partial charge in [-0.1, -0.05) is 13.8 Å². The van der Waals surface area contributed by atoms with Crippen LogP contribution in [0.1, 0.15) is 13.8 Å². The summed E-state index contributed by atoms with van der Waals surface area (Å²) in [7, 11) is 2.66. The molecule has 0 heterocycles. The van der Waals surface area contributed by atoms with E-state index in [4.69, 9.17) is 0 Å². The van der Waals surface area contributed by atoms with Crippen molar-refractivity contribution in [3.63, 3.8) is 0 Å². The Morgan fingerprint density at radius 1 is 1.33 bits per heavy atom. The summed E-state index contributed by atoms with van der Waals surface area (Å²) < 4.78 is 0. The average molecular weight is 374 g/mol. The van der Waals surface area contributed by atoms with Crippen LogP contribution >= 0.6 is 9.24 Å². The summed E-state index contributed by atoms with van der Waals surface area (Å²) in [5.41, 5.74) is 0.750. The Morgan fingerprint density at radius 3 is 1.33 bits per heavy atom. The first-order valence-corrected chi connectivity index (χ1v) is 2.15. The van der Waals surface area contributed by atoms with Crippen LogP contribution in [0.5, 0.6) is 0 Å². The molecule has 1 unspecified atom stereocenters. The van der Waals surface area contributed by atoms with Crippen molar-refractivity contribution in [1.82, 2.24) is 0 Å². The molecule has 0 aromatic heterocycles. The van der Waals surface area contributed by atoms with E-state index in [1.165, 1.54) is 0 Å². The Hall–Kier alpha value is 1.79. The molecule has 0 aromatic rings. The molecule has 45 valence electrons. The van der Waals surface area contributed by atoms with Gasteiger partial charge < -0.3 is 0 Å². The molecule has 0 aliphatic rings. The Balaban J connectivity index is -0.0000000450. The maximum absolute atomic E-state index is 2.66. The number of rotatable bonds is 0. The first-order chi connectivity index (χ1) is 1.73. The zero-order valence-corrected chi connectivity index (χ0v) is 8.87. The van der Waals surface area contributed by atoms with Gasteiger partial charge in [-0.3, -0.25) is 0 Å². The maximum atomic E-state index is 2.66. The summed E-state index contributed by atoms with van der Waals surface area (Å²) in [4.78, 5) is 0. The molecule has 6 heavy (non-hydrogen) atoms. The fourth-order valence-corrected chi connectivity index (χ4v) is 0. The van der Waals surface area contributed by atoms with Crippen molar-refractivity contribution in [1.29, 1.82) is 0 Å². The van der Waals surface area contributed by atoms with E-state index in [0.29, 0.717) is 0 Å². The predicted molar refractivity (Wildman–Crippen MR) is 24.8 cm³/mol. The molecule has 0 saturated carbocycles. The molecule has 0 aliphatic heterocycles. The Labute approximate surface area is 70.3 Å². The molecule has 0 aliphatic carbocycles.